The van der Waals surface area contributed by atoms with Crippen LogP contribution in [-0.4, -0.2) is 27.5 Å². The summed E-state index contributed by atoms with van der Waals surface area (Å²) in [7, 11) is 0. The van der Waals surface area contributed by atoms with Crippen molar-refractivity contribution in [2.24, 2.45) is 0 Å². The quantitative estimate of drug-likeness (QED) is 0.576. The van der Waals surface area contributed by atoms with Gasteiger partial charge in [0.2, 0.25) is 6.54 Å². The number of nitrogens with zero attached hydrogens (tertiary/aromatic N) is 2. The Balaban J connectivity index is 2.81. The summed E-state index contributed by atoms with van der Waals surface area (Å²) in [6, 6.07) is 3.27. The highest BCUT2D eigenvalue weighted by Gasteiger charge is 2.21. The molecular formula is C9H10N2O4. The fraction of sp³-hybridized carbons (Fsp3) is 0.333. The van der Waals surface area contributed by atoms with Crippen molar-refractivity contribution in [1.82, 2.24) is 4.98 Å². The second-order valence-electron chi connectivity index (χ2n) is 3.10. The van der Waals surface area contributed by atoms with Gasteiger partial charge in [-0.25, -0.2) is 0 Å². The van der Waals surface area contributed by atoms with Gasteiger partial charge in [-0.3, -0.25) is 19.9 Å². The van der Waals surface area contributed by atoms with Gasteiger partial charge in [0.25, 0.3) is 0 Å². The third-order valence-electron chi connectivity index (χ3n) is 1.95. The fourth-order valence-corrected chi connectivity index (χ4v) is 1.30. The first-order valence-corrected chi connectivity index (χ1v) is 4.33. The second kappa shape index (κ2) is 5.04. The molecule has 1 N–H and O–H groups in total. The van der Waals surface area contributed by atoms with Crippen LogP contribution in [0.2, 0.25) is 0 Å². The number of carbonyl (C=O) groups is 1. The summed E-state index contributed by atoms with van der Waals surface area (Å²) in [6.07, 6.45) is 2.73. The minimum atomic E-state index is -1.05. The molecule has 0 aliphatic rings. The predicted molar refractivity (Wildman–Crippen MR) is 51.1 cm³/mol. The van der Waals surface area contributed by atoms with Crippen molar-refractivity contribution in [2.45, 2.75) is 12.3 Å². The van der Waals surface area contributed by atoms with E-state index in [9.17, 15) is 14.9 Å². The highest BCUT2D eigenvalue weighted by Crippen LogP contribution is 2.18. The molecule has 1 atom stereocenters. The average Bonchev–Trinajstić information content (AvgIpc) is 2.17. The number of rotatable bonds is 5. The second-order valence-corrected chi connectivity index (χ2v) is 3.10. The SMILES string of the molecule is O=C(O)CC(C[N+](=O)[O-])c1cccnc1. The summed E-state index contributed by atoms with van der Waals surface area (Å²) in [4.78, 5) is 24.2. The van der Waals surface area contributed by atoms with E-state index in [1.54, 1.807) is 12.1 Å². The van der Waals surface area contributed by atoms with E-state index in [0.29, 0.717) is 5.56 Å². The zero-order chi connectivity index (χ0) is 11.3. The van der Waals surface area contributed by atoms with Crippen molar-refractivity contribution in [3.63, 3.8) is 0 Å². The summed E-state index contributed by atoms with van der Waals surface area (Å²) in [5.74, 6) is -1.67. The Hall–Kier alpha value is -1.98. The van der Waals surface area contributed by atoms with Crippen LogP contribution in [0.1, 0.15) is 17.9 Å². The molecule has 1 aromatic heterocycles. The molecule has 0 saturated heterocycles. The van der Waals surface area contributed by atoms with E-state index >= 15 is 0 Å². The van der Waals surface area contributed by atoms with Gasteiger partial charge in [0, 0.05) is 17.3 Å². The van der Waals surface area contributed by atoms with E-state index < -0.39 is 23.4 Å². The van der Waals surface area contributed by atoms with E-state index in [1.165, 1.54) is 12.4 Å². The van der Waals surface area contributed by atoms with Gasteiger partial charge < -0.3 is 5.11 Å². The van der Waals surface area contributed by atoms with Gasteiger partial charge in [-0.15, -0.1) is 0 Å². The van der Waals surface area contributed by atoms with Crippen molar-refractivity contribution in [3.8, 4) is 0 Å². The lowest BCUT2D eigenvalue weighted by atomic mass is 9.98. The largest absolute Gasteiger partial charge is 0.481 e. The number of aromatic nitrogens is 1. The van der Waals surface area contributed by atoms with E-state index in [1.807, 2.05) is 0 Å². The normalized spacial score (nSPS) is 12.0. The van der Waals surface area contributed by atoms with Crippen molar-refractivity contribution >= 4 is 5.97 Å². The Bertz CT molecular complexity index is 336. The third kappa shape index (κ3) is 3.72. The van der Waals surface area contributed by atoms with Crippen LogP contribution in [0.5, 0.6) is 0 Å². The van der Waals surface area contributed by atoms with Gasteiger partial charge in [0.1, 0.15) is 0 Å². The Morgan fingerprint density at radius 2 is 2.40 bits per heavy atom. The van der Waals surface area contributed by atoms with E-state index in [0.717, 1.165) is 0 Å². The molecule has 15 heavy (non-hydrogen) atoms. The molecule has 0 amide bonds. The summed E-state index contributed by atoms with van der Waals surface area (Å²) in [6.45, 7) is -0.391. The molecular weight excluding hydrogens is 200 g/mol. The molecule has 6 heteroatoms. The number of aliphatic carboxylic acids is 1. The molecule has 0 aliphatic carbocycles. The monoisotopic (exact) mass is 210 g/mol. The average molecular weight is 210 g/mol. The van der Waals surface area contributed by atoms with Crippen LogP contribution in [0.4, 0.5) is 0 Å². The van der Waals surface area contributed by atoms with Crippen LogP contribution in [-0.2, 0) is 4.79 Å². The number of carboxylic acid groups (broad SMARTS) is 1. The molecule has 0 aliphatic heterocycles. The fourth-order valence-electron chi connectivity index (χ4n) is 1.30. The summed E-state index contributed by atoms with van der Waals surface area (Å²) in [5, 5.41) is 19.0. The maximum Gasteiger partial charge on any atom is 0.304 e. The Labute approximate surface area is 85.7 Å². The van der Waals surface area contributed by atoms with Crippen LogP contribution < -0.4 is 0 Å². The van der Waals surface area contributed by atoms with Gasteiger partial charge in [-0.2, -0.15) is 0 Å². The van der Waals surface area contributed by atoms with Gasteiger partial charge >= 0.3 is 5.97 Å². The standard InChI is InChI=1S/C9H10N2O4/c12-9(13)4-8(6-11(14)15)7-2-1-3-10-5-7/h1-3,5,8H,4,6H2,(H,12,13). The molecule has 0 saturated carbocycles. The molecule has 0 bridgehead atoms. The smallest absolute Gasteiger partial charge is 0.304 e. The molecule has 0 radical (unpaired) electrons. The molecule has 0 fully saturated rings. The van der Waals surface area contributed by atoms with Crippen molar-refractivity contribution in [1.29, 1.82) is 0 Å². The van der Waals surface area contributed by atoms with Crippen LogP contribution in [0.15, 0.2) is 24.5 Å². The maximum atomic E-state index is 10.5. The molecule has 1 aromatic rings. The first kappa shape index (κ1) is 11.1. The number of hydrogen-bond acceptors (Lipinski definition) is 4. The minimum absolute atomic E-state index is 0.257. The van der Waals surface area contributed by atoms with Gasteiger partial charge in [0.05, 0.1) is 12.3 Å². The Morgan fingerprint density at radius 3 is 2.87 bits per heavy atom. The number of carboxylic acids is 1. The summed E-state index contributed by atoms with van der Waals surface area (Å²) < 4.78 is 0. The highest BCUT2D eigenvalue weighted by molar-refractivity contribution is 5.68. The summed E-state index contributed by atoms with van der Waals surface area (Å²) in [5.41, 5.74) is 0.580. The maximum absolute atomic E-state index is 10.5. The first-order chi connectivity index (χ1) is 7.09. The number of hydrogen-bond donors (Lipinski definition) is 1. The van der Waals surface area contributed by atoms with Crippen molar-refractivity contribution in [2.75, 3.05) is 6.54 Å². The molecule has 0 aromatic carbocycles. The lowest BCUT2D eigenvalue weighted by Crippen LogP contribution is -2.16. The molecule has 0 spiro atoms. The highest BCUT2D eigenvalue weighted by atomic mass is 16.6. The molecule has 1 unspecified atom stereocenters. The van der Waals surface area contributed by atoms with Crippen LogP contribution in [0.25, 0.3) is 0 Å². The van der Waals surface area contributed by atoms with Gasteiger partial charge in [0.15, 0.2) is 0 Å². The lowest BCUT2D eigenvalue weighted by molar-refractivity contribution is -0.483. The zero-order valence-electron chi connectivity index (χ0n) is 7.87. The van der Waals surface area contributed by atoms with Gasteiger partial charge in [-0.1, -0.05) is 6.07 Å². The van der Waals surface area contributed by atoms with Crippen LogP contribution >= 0.6 is 0 Å². The zero-order valence-corrected chi connectivity index (χ0v) is 7.87. The van der Waals surface area contributed by atoms with Gasteiger partial charge in [-0.05, 0) is 11.6 Å². The first-order valence-electron chi connectivity index (χ1n) is 4.33. The van der Waals surface area contributed by atoms with E-state index in [4.69, 9.17) is 5.11 Å². The molecule has 80 valence electrons. The Morgan fingerprint density at radius 1 is 1.67 bits per heavy atom. The topological polar surface area (TPSA) is 93.3 Å². The minimum Gasteiger partial charge on any atom is -0.481 e. The predicted octanol–water partition coefficient (Wildman–Crippen LogP) is 0.917. The van der Waals surface area contributed by atoms with Crippen LogP contribution in [0.3, 0.4) is 0 Å². The third-order valence-corrected chi connectivity index (χ3v) is 1.95. The molecule has 6 nitrogen and oxygen atoms in total. The molecule has 1 rings (SSSR count). The summed E-state index contributed by atoms with van der Waals surface area (Å²) >= 11 is 0. The van der Waals surface area contributed by atoms with Crippen molar-refractivity contribution < 1.29 is 14.8 Å². The van der Waals surface area contributed by atoms with E-state index in [2.05, 4.69) is 4.98 Å². The Kier molecular flexibility index (Phi) is 3.73. The lowest BCUT2D eigenvalue weighted by Gasteiger charge is -2.09. The number of pyridine rings is 1. The van der Waals surface area contributed by atoms with Crippen LogP contribution in [0, 0.1) is 10.1 Å². The van der Waals surface area contributed by atoms with Crippen molar-refractivity contribution in [3.05, 3.63) is 40.2 Å². The molecule has 1 heterocycles. The van der Waals surface area contributed by atoms with E-state index in [-0.39, 0.29) is 6.42 Å². The number of nitro groups is 1.